The number of allylic oxidation sites excluding steroid dienone is 1. The number of aromatic nitrogens is 4. The minimum Gasteiger partial charge on any atom is -0.378 e. The highest BCUT2D eigenvalue weighted by Crippen LogP contribution is 2.32. The predicted molar refractivity (Wildman–Crippen MR) is 126 cm³/mol. The number of hydrogen-bond acceptors (Lipinski definition) is 5. The second kappa shape index (κ2) is 8.76. The largest absolute Gasteiger partial charge is 0.378 e. The van der Waals surface area contributed by atoms with E-state index in [-0.39, 0.29) is 11.7 Å². The van der Waals surface area contributed by atoms with E-state index in [1.165, 1.54) is 0 Å². The van der Waals surface area contributed by atoms with Crippen LogP contribution in [-0.2, 0) is 17.8 Å². The molecule has 0 unspecified atom stereocenters. The number of fused-ring (bicyclic) bond motifs is 3. The highest BCUT2D eigenvalue weighted by atomic mass is 79.9. The molecule has 0 saturated heterocycles. The molecule has 0 radical (unpaired) electrons. The topological polar surface area (TPSA) is 69.4 Å². The Morgan fingerprint density at radius 1 is 1.09 bits per heavy atom. The van der Waals surface area contributed by atoms with Crippen LogP contribution < -0.4 is 0 Å². The Morgan fingerprint density at radius 3 is 2.62 bits per heavy atom. The first kappa shape index (κ1) is 20.7. The summed E-state index contributed by atoms with van der Waals surface area (Å²) in [6.07, 6.45) is 5.27. The first-order valence-electron chi connectivity index (χ1n) is 10.4. The third kappa shape index (κ3) is 3.89. The van der Waals surface area contributed by atoms with Gasteiger partial charge in [-0.05, 0) is 35.6 Å². The van der Waals surface area contributed by atoms with Gasteiger partial charge in [0.05, 0.1) is 23.6 Å². The molecule has 2 aromatic carbocycles. The van der Waals surface area contributed by atoms with Crippen molar-refractivity contribution < 1.29 is 9.53 Å². The molecule has 1 aliphatic rings. The average molecular weight is 489 g/mol. The summed E-state index contributed by atoms with van der Waals surface area (Å²) in [7, 11) is 1.64. The second-order valence-corrected chi connectivity index (χ2v) is 8.77. The molecule has 0 saturated carbocycles. The zero-order valence-electron chi connectivity index (χ0n) is 17.5. The number of benzene rings is 2. The fourth-order valence-electron chi connectivity index (χ4n) is 4.14. The zero-order valence-corrected chi connectivity index (χ0v) is 19.1. The Hall–Kier alpha value is -3.16. The number of nitrogens with zero attached hydrogens (tertiary/aromatic N) is 4. The minimum atomic E-state index is -0.00246. The van der Waals surface area contributed by atoms with E-state index in [2.05, 4.69) is 38.3 Å². The Balaban J connectivity index is 1.59. The van der Waals surface area contributed by atoms with Crippen molar-refractivity contribution in [1.29, 1.82) is 0 Å². The van der Waals surface area contributed by atoms with Gasteiger partial charge in [-0.1, -0.05) is 70.5 Å². The summed E-state index contributed by atoms with van der Waals surface area (Å²) < 4.78 is 8.19. The first-order chi connectivity index (χ1) is 15.6. The van der Waals surface area contributed by atoms with Crippen LogP contribution >= 0.6 is 15.9 Å². The summed E-state index contributed by atoms with van der Waals surface area (Å²) in [6, 6.07) is 18.1. The Labute approximate surface area is 194 Å². The van der Waals surface area contributed by atoms with E-state index in [0.717, 1.165) is 32.6 Å². The summed E-state index contributed by atoms with van der Waals surface area (Å²) in [4.78, 5) is 12.9. The number of ketones is 1. The van der Waals surface area contributed by atoms with Crippen molar-refractivity contribution in [3.05, 3.63) is 87.8 Å². The lowest BCUT2D eigenvalue weighted by Gasteiger charge is -2.20. The fourth-order valence-corrected chi connectivity index (χ4v) is 4.41. The summed E-state index contributed by atoms with van der Waals surface area (Å²) in [5.74, 6) is 0.0751. The summed E-state index contributed by atoms with van der Waals surface area (Å²) in [5.41, 5.74) is 5.59. The van der Waals surface area contributed by atoms with Crippen molar-refractivity contribution >= 4 is 33.4 Å². The molecule has 7 heteroatoms. The van der Waals surface area contributed by atoms with Crippen molar-refractivity contribution in [1.82, 2.24) is 19.8 Å². The van der Waals surface area contributed by atoms with Crippen LogP contribution in [0.4, 0.5) is 0 Å². The molecule has 1 atom stereocenters. The van der Waals surface area contributed by atoms with Gasteiger partial charge in [0, 0.05) is 18.0 Å². The number of carbonyl (C=O) groups is 1. The standard InChI is InChI=1S/C25H21BrN4O2/c1-32-15-20-23(18-9-11-19(26)12-10-18)25-28-27-24-21(30(25)29-20)13-17(14-22(24)31)8-7-16-5-3-2-4-6-16/h2-12,17H,13-15H2,1H3/b8-7+/t17-/m1/s1. The van der Waals surface area contributed by atoms with Crippen molar-refractivity contribution in [2.45, 2.75) is 19.4 Å². The summed E-state index contributed by atoms with van der Waals surface area (Å²) in [5, 5.41) is 13.5. The number of Topliss-reactive ketones (excluding diaryl/α,β-unsaturated/α-hetero) is 1. The van der Waals surface area contributed by atoms with Crippen molar-refractivity contribution in [2.24, 2.45) is 5.92 Å². The molecule has 0 bridgehead atoms. The Kier molecular flexibility index (Phi) is 5.68. The Bertz CT molecular complexity index is 1310. The number of carbonyl (C=O) groups excluding carboxylic acids is 1. The van der Waals surface area contributed by atoms with Crippen LogP contribution in [0.1, 0.15) is 33.9 Å². The summed E-state index contributed by atoms with van der Waals surface area (Å²) in [6.45, 7) is 0.342. The molecule has 160 valence electrons. The molecule has 2 aromatic heterocycles. The third-order valence-corrected chi connectivity index (χ3v) is 6.18. The molecule has 2 heterocycles. The normalized spacial score (nSPS) is 16.1. The molecule has 32 heavy (non-hydrogen) atoms. The van der Waals surface area contributed by atoms with Gasteiger partial charge in [0.1, 0.15) is 0 Å². The van der Waals surface area contributed by atoms with E-state index in [0.29, 0.717) is 30.8 Å². The molecule has 6 nitrogen and oxygen atoms in total. The lowest BCUT2D eigenvalue weighted by atomic mass is 9.88. The van der Waals surface area contributed by atoms with Gasteiger partial charge >= 0.3 is 0 Å². The van der Waals surface area contributed by atoms with Gasteiger partial charge in [-0.3, -0.25) is 4.79 Å². The average Bonchev–Trinajstić information content (AvgIpc) is 3.18. The van der Waals surface area contributed by atoms with Gasteiger partial charge in [0.15, 0.2) is 17.1 Å². The number of rotatable bonds is 5. The zero-order chi connectivity index (χ0) is 22.1. The van der Waals surface area contributed by atoms with Crippen LogP contribution in [0.3, 0.4) is 0 Å². The van der Waals surface area contributed by atoms with Crippen LogP contribution in [-0.4, -0.2) is 32.7 Å². The van der Waals surface area contributed by atoms with E-state index in [9.17, 15) is 4.79 Å². The highest BCUT2D eigenvalue weighted by molar-refractivity contribution is 9.10. The van der Waals surface area contributed by atoms with Gasteiger partial charge in [-0.15, -0.1) is 10.2 Å². The molecule has 0 spiro atoms. The van der Waals surface area contributed by atoms with E-state index in [1.54, 1.807) is 11.6 Å². The predicted octanol–water partition coefficient (Wildman–Crippen LogP) is 5.16. The highest BCUT2D eigenvalue weighted by Gasteiger charge is 2.30. The third-order valence-electron chi connectivity index (χ3n) is 5.65. The van der Waals surface area contributed by atoms with E-state index in [1.807, 2.05) is 54.6 Å². The number of halogens is 1. The molecule has 0 amide bonds. The van der Waals surface area contributed by atoms with Crippen molar-refractivity contribution in [2.75, 3.05) is 7.11 Å². The first-order valence-corrected chi connectivity index (χ1v) is 11.2. The van der Waals surface area contributed by atoms with Gasteiger partial charge in [-0.2, -0.15) is 5.10 Å². The lowest BCUT2D eigenvalue weighted by molar-refractivity contribution is 0.0950. The molecule has 0 fully saturated rings. The fraction of sp³-hybridized carbons (Fsp3) is 0.200. The lowest BCUT2D eigenvalue weighted by Crippen LogP contribution is -2.24. The monoisotopic (exact) mass is 488 g/mol. The minimum absolute atomic E-state index is 0.00246. The van der Waals surface area contributed by atoms with E-state index < -0.39 is 0 Å². The Morgan fingerprint density at radius 2 is 1.88 bits per heavy atom. The molecular formula is C25H21BrN4O2. The van der Waals surface area contributed by atoms with Crippen LogP contribution in [0.5, 0.6) is 0 Å². The van der Waals surface area contributed by atoms with Gasteiger partial charge in [0.2, 0.25) is 0 Å². The van der Waals surface area contributed by atoms with Gasteiger partial charge in [-0.25, -0.2) is 4.52 Å². The van der Waals surface area contributed by atoms with E-state index >= 15 is 0 Å². The van der Waals surface area contributed by atoms with Crippen molar-refractivity contribution in [3.63, 3.8) is 0 Å². The molecule has 5 rings (SSSR count). The maximum absolute atomic E-state index is 12.9. The van der Waals surface area contributed by atoms with E-state index in [4.69, 9.17) is 9.84 Å². The second-order valence-electron chi connectivity index (χ2n) is 7.85. The molecule has 1 aliphatic carbocycles. The van der Waals surface area contributed by atoms with Gasteiger partial charge in [0.25, 0.3) is 0 Å². The smallest absolute Gasteiger partial charge is 0.185 e. The SMILES string of the molecule is COCc1nn2c3c(nnc2c1-c1ccc(Br)cc1)C(=O)C[C@H](/C=C/c1ccccc1)C3. The molecule has 0 aliphatic heterocycles. The quantitative estimate of drug-likeness (QED) is 0.388. The maximum atomic E-state index is 12.9. The van der Waals surface area contributed by atoms with Crippen LogP contribution in [0.2, 0.25) is 0 Å². The molecule has 4 aromatic rings. The van der Waals surface area contributed by atoms with Crippen LogP contribution in [0.25, 0.3) is 22.9 Å². The summed E-state index contributed by atoms with van der Waals surface area (Å²) >= 11 is 3.48. The van der Waals surface area contributed by atoms with Crippen LogP contribution in [0, 0.1) is 5.92 Å². The van der Waals surface area contributed by atoms with Crippen LogP contribution in [0.15, 0.2) is 65.1 Å². The van der Waals surface area contributed by atoms with Crippen molar-refractivity contribution in [3.8, 4) is 11.1 Å². The maximum Gasteiger partial charge on any atom is 0.185 e. The number of methoxy groups -OCH3 is 1. The number of ether oxygens (including phenoxy) is 1. The number of hydrogen-bond donors (Lipinski definition) is 0. The molecule has 0 N–H and O–H groups in total. The van der Waals surface area contributed by atoms with Gasteiger partial charge < -0.3 is 4.74 Å². The molecular weight excluding hydrogens is 468 g/mol.